The second-order valence-corrected chi connectivity index (χ2v) is 7.51. The van der Waals surface area contributed by atoms with Crippen molar-refractivity contribution in [3.8, 4) is 23.1 Å². The van der Waals surface area contributed by atoms with Gasteiger partial charge in [0.15, 0.2) is 0 Å². The zero-order chi connectivity index (χ0) is 19.2. The lowest BCUT2D eigenvalue weighted by Gasteiger charge is -2.24. The van der Waals surface area contributed by atoms with Gasteiger partial charge in [-0.25, -0.2) is 8.78 Å². The summed E-state index contributed by atoms with van der Waals surface area (Å²) in [6, 6.07) is 6.45. The molecule has 3 rings (SSSR count). The highest BCUT2D eigenvalue weighted by Crippen LogP contribution is 2.30. The molecular weight excluding hydrogens is 340 g/mol. The smallest absolute Gasteiger partial charge is 0.142 e. The molecule has 1 nitrogen and oxygen atoms in total. The zero-order valence-electron chi connectivity index (χ0n) is 16.2. The van der Waals surface area contributed by atoms with E-state index < -0.39 is 11.6 Å². The molecular formula is C24H27F2N. The fourth-order valence-electron chi connectivity index (χ4n) is 3.76. The normalized spacial score (nSPS) is 19.4. The van der Waals surface area contributed by atoms with E-state index in [-0.39, 0.29) is 11.5 Å². The molecule has 1 aliphatic rings. The zero-order valence-corrected chi connectivity index (χ0v) is 16.2. The number of aryl methyl sites for hydroxylation is 1. The van der Waals surface area contributed by atoms with Crippen LogP contribution in [-0.4, -0.2) is 4.98 Å². The van der Waals surface area contributed by atoms with E-state index in [4.69, 9.17) is 0 Å². The molecule has 1 saturated carbocycles. The predicted molar refractivity (Wildman–Crippen MR) is 106 cm³/mol. The van der Waals surface area contributed by atoms with Crippen LogP contribution < -0.4 is 0 Å². The van der Waals surface area contributed by atoms with Gasteiger partial charge in [0.2, 0.25) is 0 Å². The lowest BCUT2D eigenvalue weighted by Crippen LogP contribution is -2.12. The maximum absolute atomic E-state index is 14.5. The molecule has 0 radical (unpaired) electrons. The molecule has 1 heterocycles. The fourth-order valence-corrected chi connectivity index (χ4v) is 3.76. The summed E-state index contributed by atoms with van der Waals surface area (Å²) < 4.78 is 29.0. The largest absolute Gasteiger partial charge is 0.256 e. The van der Waals surface area contributed by atoms with E-state index in [2.05, 4.69) is 30.7 Å². The summed E-state index contributed by atoms with van der Waals surface area (Å²) in [6.45, 7) is 4.32. The Morgan fingerprint density at radius 1 is 1.04 bits per heavy atom. The molecule has 0 aliphatic heterocycles. The third kappa shape index (κ3) is 4.95. The van der Waals surface area contributed by atoms with Gasteiger partial charge in [-0.05, 0) is 61.8 Å². The van der Waals surface area contributed by atoms with Gasteiger partial charge in [-0.1, -0.05) is 44.6 Å². The van der Waals surface area contributed by atoms with E-state index in [9.17, 15) is 8.78 Å². The number of hydrogen-bond donors (Lipinski definition) is 0. The van der Waals surface area contributed by atoms with Crippen LogP contribution in [0.5, 0.6) is 0 Å². The molecule has 27 heavy (non-hydrogen) atoms. The van der Waals surface area contributed by atoms with Gasteiger partial charge >= 0.3 is 0 Å². The Balaban J connectivity index is 1.76. The molecule has 1 aliphatic carbocycles. The number of hydrogen-bond acceptors (Lipinski definition) is 1. The molecule has 1 fully saturated rings. The Kier molecular flexibility index (Phi) is 6.61. The third-order valence-electron chi connectivity index (χ3n) is 5.53. The molecule has 1 aromatic heterocycles. The number of benzene rings is 1. The highest BCUT2D eigenvalue weighted by Gasteiger charge is 2.18. The van der Waals surface area contributed by atoms with Crippen molar-refractivity contribution < 1.29 is 8.78 Å². The van der Waals surface area contributed by atoms with Crippen molar-refractivity contribution in [3.63, 3.8) is 0 Å². The van der Waals surface area contributed by atoms with Crippen molar-refractivity contribution in [1.29, 1.82) is 0 Å². The molecule has 0 amide bonds. The standard InChI is InChI=1S/C24H27F2N/c1-3-5-19-11-13-24(27-16-19)20-14-22(25)21(23(26)15-20)12-10-18-8-6-17(4-2)7-9-18/h11,13-18H,3-9H2,1-2H3. The van der Waals surface area contributed by atoms with Gasteiger partial charge < -0.3 is 0 Å². The monoisotopic (exact) mass is 367 g/mol. The Bertz CT molecular complexity index is 799. The van der Waals surface area contributed by atoms with Crippen molar-refractivity contribution in [2.24, 2.45) is 11.8 Å². The van der Waals surface area contributed by atoms with Crippen LogP contribution in [0.4, 0.5) is 8.78 Å². The van der Waals surface area contributed by atoms with Crippen LogP contribution in [0.15, 0.2) is 30.5 Å². The summed E-state index contributed by atoms with van der Waals surface area (Å²) in [5, 5.41) is 0. The topological polar surface area (TPSA) is 12.9 Å². The van der Waals surface area contributed by atoms with Crippen LogP contribution in [0.25, 0.3) is 11.3 Å². The Morgan fingerprint density at radius 3 is 2.30 bits per heavy atom. The minimum absolute atomic E-state index is 0.126. The maximum atomic E-state index is 14.5. The number of aromatic nitrogens is 1. The lowest BCUT2D eigenvalue weighted by molar-refractivity contribution is 0.309. The first kappa shape index (κ1) is 19.5. The van der Waals surface area contributed by atoms with Gasteiger partial charge in [0.05, 0.1) is 11.3 Å². The molecule has 3 heteroatoms. The summed E-state index contributed by atoms with van der Waals surface area (Å²) in [6.07, 6.45) is 9.36. The van der Waals surface area contributed by atoms with E-state index >= 15 is 0 Å². The lowest BCUT2D eigenvalue weighted by atomic mass is 9.81. The average Bonchev–Trinajstić information content (AvgIpc) is 2.68. The number of halogens is 2. The summed E-state index contributed by atoms with van der Waals surface area (Å²) in [5.41, 5.74) is 2.02. The van der Waals surface area contributed by atoms with Crippen molar-refractivity contribution in [2.45, 2.75) is 58.8 Å². The Labute approximate surface area is 161 Å². The van der Waals surface area contributed by atoms with Crippen LogP contribution in [0.2, 0.25) is 0 Å². The maximum Gasteiger partial charge on any atom is 0.142 e. The summed E-state index contributed by atoms with van der Waals surface area (Å²) in [5.74, 6) is 5.68. The molecule has 0 unspecified atom stereocenters. The predicted octanol–water partition coefficient (Wildman–Crippen LogP) is 6.55. The van der Waals surface area contributed by atoms with Crippen LogP contribution in [0.1, 0.15) is 63.5 Å². The highest BCUT2D eigenvalue weighted by atomic mass is 19.1. The average molecular weight is 367 g/mol. The second kappa shape index (κ2) is 9.13. The molecule has 0 bridgehead atoms. The van der Waals surface area contributed by atoms with E-state index in [1.165, 1.54) is 31.4 Å². The van der Waals surface area contributed by atoms with Crippen LogP contribution in [0.3, 0.4) is 0 Å². The molecule has 0 saturated heterocycles. The number of pyridine rings is 1. The minimum atomic E-state index is -0.612. The summed E-state index contributed by atoms with van der Waals surface area (Å²) in [4.78, 5) is 4.34. The van der Waals surface area contributed by atoms with Gasteiger partial charge in [-0.3, -0.25) is 4.98 Å². The van der Waals surface area contributed by atoms with Gasteiger partial charge in [0.25, 0.3) is 0 Å². The molecule has 0 spiro atoms. The first-order valence-corrected chi connectivity index (χ1v) is 10.1. The first-order valence-electron chi connectivity index (χ1n) is 10.1. The van der Waals surface area contributed by atoms with E-state index in [1.54, 1.807) is 6.20 Å². The van der Waals surface area contributed by atoms with Crippen molar-refractivity contribution in [2.75, 3.05) is 0 Å². The molecule has 2 aromatic rings. The van der Waals surface area contributed by atoms with Crippen molar-refractivity contribution in [1.82, 2.24) is 4.98 Å². The van der Waals surface area contributed by atoms with Gasteiger partial charge in [0.1, 0.15) is 11.6 Å². The third-order valence-corrected chi connectivity index (χ3v) is 5.53. The van der Waals surface area contributed by atoms with Crippen LogP contribution in [-0.2, 0) is 6.42 Å². The van der Waals surface area contributed by atoms with Gasteiger partial charge in [-0.15, -0.1) is 0 Å². The van der Waals surface area contributed by atoms with Crippen molar-refractivity contribution >= 4 is 0 Å². The quantitative estimate of drug-likeness (QED) is 0.559. The van der Waals surface area contributed by atoms with Crippen LogP contribution in [0, 0.1) is 35.3 Å². The number of rotatable bonds is 4. The van der Waals surface area contributed by atoms with Gasteiger partial charge in [-0.2, -0.15) is 0 Å². The summed E-state index contributed by atoms with van der Waals surface area (Å²) >= 11 is 0. The molecule has 0 N–H and O–H groups in total. The number of nitrogens with zero attached hydrogens (tertiary/aromatic N) is 1. The minimum Gasteiger partial charge on any atom is -0.256 e. The SMILES string of the molecule is CCCc1ccc(-c2cc(F)c(C#CC3CCC(CC)CC3)c(F)c2)nc1. The van der Waals surface area contributed by atoms with E-state index in [0.29, 0.717) is 11.3 Å². The first-order chi connectivity index (χ1) is 13.1. The summed E-state index contributed by atoms with van der Waals surface area (Å²) in [7, 11) is 0. The van der Waals surface area contributed by atoms with E-state index in [1.807, 2.05) is 12.1 Å². The molecule has 142 valence electrons. The Morgan fingerprint density at radius 2 is 1.74 bits per heavy atom. The molecule has 1 aromatic carbocycles. The van der Waals surface area contributed by atoms with Gasteiger partial charge in [0, 0.05) is 17.7 Å². The van der Waals surface area contributed by atoms with E-state index in [0.717, 1.165) is 37.2 Å². The van der Waals surface area contributed by atoms with Crippen molar-refractivity contribution in [3.05, 3.63) is 53.2 Å². The molecule has 0 atom stereocenters. The Hall–Kier alpha value is -2.21. The van der Waals surface area contributed by atoms with Crippen LogP contribution >= 0.6 is 0 Å². The fraction of sp³-hybridized carbons (Fsp3) is 0.458. The second-order valence-electron chi connectivity index (χ2n) is 7.51. The highest BCUT2D eigenvalue weighted by molar-refractivity contribution is 5.61.